The smallest absolute Gasteiger partial charge is 0.160 e. The van der Waals surface area contributed by atoms with Gasteiger partial charge in [0.15, 0.2) is 5.82 Å². The molecule has 2 aromatic heterocycles. The second-order valence-corrected chi connectivity index (χ2v) is 7.01. The maximum Gasteiger partial charge on any atom is 0.160 e. The number of methoxy groups -OCH3 is 1. The summed E-state index contributed by atoms with van der Waals surface area (Å²) in [5.41, 5.74) is 2.41. The molecule has 3 heterocycles. The van der Waals surface area contributed by atoms with E-state index in [0.29, 0.717) is 5.92 Å². The monoisotopic (exact) mass is 363 g/mol. The van der Waals surface area contributed by atoms with Crippen LogP contribution in [0.3, 0.4) is 0 Å². The summed E-state index contributed by atoms with van der Waals surface area (Å²) in [6.45, 7) is 5.10. The molecule has 1 aromatic carbocycles. The summed E-state index contributed by atoms with van der Waals surface area (Å²) < 4.78 is 7.27. The molecule has 6 nitrogen and oxygen atoms in total. The van der Waals surface area contributed by atoms with Crippen LogP contribution in [0.2, 0.25) is 0 Å². The van der Waals surface area contributed by atoms with Crippen molar-refractivity contribution in [2.75, 3.05) is 20.2 Å². The van der Waals surface area contributed by atoms with Gasteiger partial charge in [0.25, 0.3) is 0 Å². The summed E-state index contributed by atoms with van der Waals surface area (Å²) >= 11 is 0. The van der Waals surface area contributed by atoms with E-state index < -0.39 is 0 Å². The molecule has 1 aliphatic heterocycles. The van der Waals surface area contributed by atoms with Crippen molar-refractivity contribution in [3.05, 3.63) is 66.1 Å². The molecule has 27 heavy (non-hydrogen) atoms. The van der Waals surface area contributed by atoms with Crippen LogP contribution >= 0.6 is 0 Å². The summed E-state index contributed by atoms with van der Waals surface area (Å²) in [6.07, 6.45) is 9.52. The number of benzene rings is 1. The first-order chi connectivity index (χ1) is 13.2. The van der Waals surface area contributed by atoms with E-state index in [1.165, 1.54) is 5.56 Å². The van der Waals surface area contributed by atoms with Crippen molar-refractivity contribution < 1.29 is 4.74 Å². The molecule has 0 aliphatic carbocycles. The quantitative estimate of drug-likeness (QED) is 0.696. The minimum Gasteiger partial charge on any atom is -0.497 e. The van der Waals surface area contributed by atoms with Crippen molar-refractivity contribution in [1.82, 2.24) is 24.4 Å². The predicted molar refractivity (Wildman–Crippen MR) is 104 cm³/mol. The predicted octanol–water partition coefficient (Wildman–Crippen LogP) is 3.36. The number of rotatable bonds is 5. The zero-order valence-corrected chi connectivity index (χ0v) is 15.9. The summed E-state index contributed by atoms with van der Waals surface area (Å²) in [6, 6.07) is 8.35. The molecule has 6 heteroatoms. The van der Waals surface area contributed by atoms with Crippen LogP contribution in [-0.4, -0.2) is 44.6 Å². The van der Waals surface area contributed by atoms with Crippen LogP contribution in [0, 0.1) is 6.92 Å². The number of aryl methyl sites for hydroxylation is 1. The topological polar surface area (TPSA) is 56.1 Å². The van der Waals surface area contributed by atoms with Gasteiger partial charge in [-0.2, -0.15) is 0 Å². The molecule has 140 valence electrons. The first-order valence-electron chi connectivity index (χ1n) is 9.41. The summed E-state index contributed by atoms with van der Waals surface area (Å²) in [5, 5.41) is 0. The SMILES string of the molecule is COc1ccc(CN2CCC(c3nccnc3-n3ccnc3C)CC2)cc1. The fraction of sp³-hybridized carbons (Fsp3) is 0.381. The van der Waals surface area contributed by atoms with Crippen LogP contribution in [0.4, 0.5) is 0 Å². The van der Waals surface area contributed by atoms with Gasteiger partial charge >= 0.3 is 0 Å². The van der Waals surface area contributed by atoms with E-state index in [0.717, 1.165) is 55.6 Å². The lowest BCUT2D eigenvalue weighted by Crippen LogP contribution is -2.33. The van der Waals surface area contributed by atoms with Crippen LogP contribution in [0.25, 0.3) is 5.82 Å². The zero-order chi connectivity index (χ0) is 18.6. The number of ether oxygens (including phenoxy) is 1. The largest absolute Gasteiger partial charge is 0.497 e. The normalized spacial score (nSPS) is 15.8. The fourth-order valence-corrected chi connectivity index (χ4v) is 3.77. The number of nitrogens with zero attached hydrogens (tertiary/aromatic N) is 5. The molecule has 1 aliphatic rings. The van der Waals surface area contributed by atoms with Crippen LogP contribution in [0.5, 0.6) is 5.75 Å². The van der Waals surface area contributed by atoms with Gasteiger partial charge in [0.1, 0.15) is 11.6 Å². The highest BCUT2D eigenvalue weighted by atomic mass is 16.5. The Kier molecular flexibility index (Phi) is 5.16. The average molecular weight is 363 g/mol. The van der Waals surface area contributed by atoms with Crippen LogP contribution in [0.1, 0.15) is 35.8 Å². The van der Waals surface area contributed by atoms with Crippen molar-refractivity contribution >= 4 is 0 Å². The third-order valence-electron chi connectivity index (χ3n) is 5.30. The lowest BCUT2D eigenvalue weighted by atomic mass is 9.92. The van der Waals surface area contributed by atoms with Gasteiger partial charge in [-0.1, -0.05) is 12.1 Å². The van der Waals surface area contributed by atoms with Gasteiger partial charge in [-0.15, -0.1) is 0 Å². The van der Waals surface area contributed by atoms with E-state index in [1.54, 1.807) is 19.5 Å². The standard InChI is InChI=1S/C21H25N5O/c1-16-22-11-14-26(16)21-20(23-9-10-24-21)18-7-12-25(13-8-18)15-17-3-5-19(27-2)6-4-17/h3-6,9-11,14,18H,7-8,12-13,15H2,1-2H3. The van der Waals surface area contributed by atoms with Gasteiger partial charge in [0.05, 0.1) is 12.8 Å². The Balaban J connectivity index is 1.43. The minimum atomic E-state index is 0.433. The number of hydrogen-bond donors (Lipinski definition) is 0. The first-order valence-corrected chi connectivity index (χ1v) is 9.41. The van der Waals surface area contributed by atoms with Gasteiger partial charge in [0, 0.05) is 37.3 Å². The van der Waals surface area contributed by atoms with Gasteiger partial charge < -0.3 is 4.74 Å². The molecule has 0 N–H and O–H groups in total. The highest BCUT2D eigenvalue weighted by Gasteiger charge is 2.25. The van der Waals surface area contributed by atoms with E-state index in [1.807, 2.05) is 36.0 Å². The van der Waals surface area contributed by atoms with Crippen LogP contribution in [-0.2, 0) is 6.54 Å². The van der Waals surface area contributed by atoms with Crippen molar-refractivity contribution in [1.29, 1.82) is 0 Å². The summed E-state index contributed by atoms with van der Waals surface area (Å²) in [5.74, 6) is 3.19. The maximum absolute atomic E-state index is 5.24. The summed E-state index contributed by atoms with van der Waals surface area (Å²) in [4.78, 5) is 16.1. The number of likely N-dealkylation sites (tertiary alicyclic amines) is 1. The van der Waals surface area contributed by atoms with Gasteiger partial charge in [-0.05, 0) is 50.6 Å². The Bertz CT molecular complexity index is 882. The molecule has 0 radical (unpaired) electrons. The van der Waals surface area contributed by atoms with E-state index in [2.05, 4.69) is 32.0 Å². The zero-order valence-electron chi connectivity index (χ0n) is 15.9. The molecule has 1 saturated heterocycles. The van der Waals surface area contributed by atoms with E-state index in [4.69, 9.17) is 4.74 Å². The number of hydrogen-bond acceptors (Lipinski definition) is 5. The molecule has 3 aromatic rings. The van der Waals surface area contributed by atoms with Crippen molar-refractivity contribution in [2.24, 2.45) is 0 Å². The van der Waals surface area contributed by atoms with Crippen LogP contribution < -0.4 is 4.74 Å². The van der Waals surface area contributed by atoms with E-state index >= 15 is 0 Å². The second kappa shape index (κ2) is 7.88. The molecule has 0 amide bonds. The number of aromatic nitrogens is 4. The molecule has 0 spiro atoms. The molecule has 0 saturated carbocycles. The van der Waals surface area contributed by atoms with Crippen molar-refractivity contribution in [3.8, 4) is 11.6 Å². The average Bonchev–Trinajstić information content (AvgIpc) is 3.15. The Labute approximate surface area is 159 Å². The fourth-order valence-electron chi connectivity index (χ4n) is 3.77. The van der Waals surface area contributed by atoms with Gasteiger partial charge in [-0.3, -0.25) is 14.5 Å². The summed E-state index contributed by atoms with van der Waals surface area (Å²) in [7, 11) is 1.70. The number of imidazole rings is 1. The lowest BCUT2D eigenvalue weighted by Gasteiger charge is -2.32. The van der Waals surface area contributed by atoms with Crippen molar-refractivity contribution in [2.45, 2.75) is 32.2 Å². The minimum absolute atomic E-state index is 0.433. The molecule has 0 bridgehead atoms. The first kappa shape index (κ1) is 17.7. The molecular formula is C21H25N5O. The van der Waals surface area contributed by atoms with Gasteiger partial charge in [0.2, 0.25) is 0 Å². The third-order valence-corrected chi connectivity index (χ3v) is 5.30. The lowest BCUT2D eigenvalue weighted by molar-refractivity contribution is 0.203. The Morgan fingerprint density at radius 2 is 1.74 bits per heavy atom. The second-order valence-electron chi connectivity index (χ2n) is 7.01. The van der Waals surface area contributed by atoms with Crippen molar-refractivity contribution in [3.63, 3.8) is 0 Å². The Morgan fingerprint density at radius 3 is 2.41 bits per heavy atom. The van der Waals surface area contributed by atoms with E-state index in [9.17, 15) is 0 Å². The Morgan fingerprint density at radius 1 is 1.00 bits per heavy atom. The van der Waals surface area contributed by atoms with Gasteiger partial charge in [-0.25, -0.2) is 9.97 Å². The molecule has 1 fully saturated rings. The third kappa shape index (κ3) is 3.85. The molecule has 4 rings (SSSR count). The molecule has 0 atom stereocenters. The van der Waals surface area contributed by atoms with Crippen LogP contribution in [0.15, 0.2) is 49.1 Å². The Hall–Kier alpha value is -2.73. The maximum atomic E-state index is 5.24. The molecular weight excluding hydrogens is 338 g/mol. The highest BCUT2D eigenvalue weighted by molar-refractivity contribution is 5.33. The molecule has 0 unspecified atom stereocenters. The highest BCUT2D eigenvalue weighted by Crippen LogP contribution is 2.30. The van der Waals surface area contributed by atoms with E-state index in [-0.39, 0.29) is 0 Å². The number of piperidine rings is 1.